The second kappa shape index (κ2) is 73.9. The van der Waals surface area contributed by atoms with Crippen LogP contribution in [0.4, 0.5) is 0 Å². The number of ether oxygens (including phenoxy) is 4. The number of hydrogen-bond acceptors (Lipinski definition) is 15. The lowest BCUT2D eigenvalue weighted by Gasteiger charge is -2.21. The van der Waals surface area contributed by atoms with Crippen molar-refractivity contribution in [3.8, 4) is 0 Å². The summed E-state index contributed by atoms with van der Waals surface area (Å²) < 4.78 is 68.7. The molecule has 0 rings (SSSR count). The number of carbonyl (C=O) groups excluding carboxylic acids is 4. The monoisotopic (exact) mass is 1470 g/mol. The van der Waals surface area contributed by atoms with E-state index in [9.17, 15) is 43.2 Å². The summed E-state index contributed by atoms with van der Waals surface area (Å²) in [7, 11) is -9.92. The molecule has 0 aliphatic rings. The molecule has 0 aliphatic carbocycles. The number of aliphatic hydroxyl groups excluding tert-OH is 1. The Kier molecular flexibility index (Phi) is 72.5. The van der Waals surface area contributed by atoms with Crippen LogP contribution in [0.2, 0.25) is 0 Å². The van der Waals surface area contributed by atoms with Gasteiger partial charge in [0.05, 0.1) is 26.4 Å². The fraction of sp³-hybridized carbons (Fsp3) is 0.951. The third-order valence-electron chi connectivity index (χ3n) is 19.0. The van der Waals surface area contributed by atoms with Gasteiger partial charge < -0.3 is 33.8 Å². The molecule has 0 bridgehead atoms. The Morgan fingerprint density at radius 1 is 0.270 bits per heavy atom. The number of carbonyl (C=O) groups is 4. The van der Waals surface area contributed by atoms with Crippen LogP contribution in [0.3, 0.4) is 0 Å². The number of unbranched alkanes of at least 4 members (excludes halogenated alkanes) is 53. The number of phosphoric acid groups is 2. The van der Waals surface area contributed by atoms with E-state index in [0.29, 0.717) is 25.7 Å². The van der Waals surface area contributed by atoms with Crippen LogP contribution in [0.15, 0.2) is 0 Å². The molecule has 0 saturated carbocycles. The predicted octanol–water partition coefficient (Wildman–Crippen LogP) is 24.4. The fourth-order valence-electron chi connectivity index (χ4n) is 12.6. The van der Waals surface area contributed by atoms with Crippen molar-refractivity contribution in [2.75, 3.05) is 39.6 Å². The first kappa shape index (κ1) is 98.1. The van der Waals surface area contributed by atoms with Gasteiger partial charge in [-0.25, -0.2) is 9.13 Å². The first-order valence-electron chi connectivity index (χ1n) is 42.1. The summed E-state index contributed by atoms with van der Waals surface area (Å²) in [5.41, 5.74) is 0. The predicted molar refractivity (Wildman–Crippen MR) is 409 cm³/mol. The molecule has 2 unspecified atom stereocenters. The maximum absolute atomic E-state index is 13.1. The maximum Gasteiger partial charge on any atom is 0.472 e. The lowest BCUT2D eigenvalue weighted by molar-refractivity contribution is -0.161. The van der Waals surface area contributed by atoms with Crippen molar-refractivity contribution in [1.82, 2.24) is 0 Å². The van der Waals surface area contributed by atoms with Crippen LogP contribution < -0.4 is 0 Å². The minimum atomic E-state index is -4.96. The third-order valence-corrected chi connectivity index (χ3v) is 20.9. The molecule has 0 heterocycles. The SMILES string of the molecule is CCCCCCCCCCCCCCCCCCCCCCCCC(=O)O[C@H](COC(=O)CCCCCCCCCCCCCCCCC)COP(=O)(O)OC[C@@H](O)COP(=O)(O)OC[C@@H](COC(=O)CCCCCCCCCCCCC)OC(=O)CCCCCCCCCCCC(C)C. The lowest BCUT2D eigenvalue weighted by atomic mass is 10.0. The second-order valence-corrected chi connectivity index (χ2v) is 32.5. The Labute approximate surface area is 613 Å². The van der Waals surface area contributed by atoms with E-state index in [1.807, 2.05) is 0 Å². The summed E-state index contributed by atoms with van der Waals surface area (Å²) in [6, 6.07) is 0. The molecule has 0 aliphatic heterocycles. The van der Waals surface area contributed by atoms with E-state index in [-0.39, 0.29) is 25.7 Å². The highest BCUT2D eigenvalue weighted by Crippen LogP contribution is 2.45. The highest BCUT2D eigenvalue weighted by atomic mass is 31.2. The van der Waals surface area contributed by atoms with Crippen molar-refractivity contribution in [2.45, 2.75) is 451 Å². The first-order chi connectivity index (χ1) is 48.5. The smallest absolute Gasteiger partial charge is 0.462 e. The molecule has 3 N–H and O–H groups in total. The summed E-state index contributed by atoms with van der Waals surface area (Å²) in [6.45, 7) is 7.30. The van der Waals surface area contributed by atoms with Crippen LogP contribution in [-0.2, 0) is 65.4 Å². The fourth-order valence-corrected chi connectivity index (χ4v) is 14.2. The minimum Gasteiger partial charge on any atom is -0.462 e. The molecule has 0 fully saturated rings. The summed E-state index contributed by atoms with van der Waals surface area (Å²) in [5, 5.41) is 10.6. The Hall–Kier alpha value is -1.94. The van der Waals surface area contributed by atoms with Crippen LogP contribution in [0, 0.1) is 5.92 Å². The highest BCUT2D eigenvalue weighted by Gasteiger charge is 2.30. The van der Waals surface area contributed by atoms with Gasteiger partial charge in [0, 0.05) is 25.7 Å². The highest BCUT2D eigenvalue weighted by molar-refractivity contribution is 7.47. The van der Waals surface area contributed by atoms with E-state index in [0.717, 1.165) is 95.8 Å². The standard InChI is InChI=1S/C81H158O17P2/c1-6-9-12-15-18-21-24-26-28-29-30-31-32-33-34-36-38-41-46-51-56-61-66-80(85)97-76(70-92-79(84)65-60-55-50-45-40-37-35-27-25-22-19-16-13-10-7-2)72-95-99(87,88)93-68-75(82)69-94-100(89,90)96-73-77(71-91-78(83)64-59-54-49-44-39-23-20-17-14-11-8-3)98-81(86)67-62-57-52-47-42-43-48-53-58-63-74(4)5/h74-77,82H,6-73H2,1-5H3,(H,87,88)(H,89,90)/t75-,76-,77-/m1/s1. The largest absolute Gasteiger partial charge is 0.472 e. The van der Waals surface area contributed by atoms with Crippen molar-refractivity contribution >= 4 is 39.5 Å². The number of hydrogen-bond donors (Lipinski definition) is 3. The summed E-state index contributed by atoms with van der Waals surface area (Å²) in [4.78, 5) is 73.0. The molecule has 594 valence electrons. The number of esters is 4. The molecule has 0 saturated heterocycles. The zero-order valence-corrected chi connectivity index (χ0v) is 67.1. The Morgan fingerprint density at radius 3 is 0.680 bits per heavy atom. The quantitative estimate of drug-likeness (QED) is 0.0222. The number of rotatable bonds is 81. The molecule has 0 spiro atoms. The second-order valence-electron chi connectivity index (χ2n) is 29.6. The van der Waals surface area contributed by atoms with Gasteiger partial charge in [-0.3, -0.25) is 37.3 Å². The molecular weight excluding hydrogens is 1310 g/mol. The van der Waals surface area contributed by atoms with E-state index in [2.05, 4.69) is 34.6 Å². The summed E-state index contributed by atoms with van der Waals surface area (Å²) >= 11 is 0. The van der Waals surface area contributed by atoms with Crippen molar-refractivity contribution in [3.05, 3.63) is 0 Å². The van der Waals surface area contributed by atoms with Gasteiger partial charge in [0.1, 0.15) is 19.3 Å². The molecule has 0 amide bonds. The molecule has 19 heteroatoms. The van der Waals surface area contributed by atoms with Crippen LogP contribution >= 0.6 is 15.6 Å². The van der Waals surface area contributed by atoms with Gasteiger partial charge in [0.2, 0.25) is 0 Å². The zero-order chi connectivity index (χ0) is 73.4. The first-order valence-corrected chi connectivity index (χ1v) is 45.1. The molecule has 0 aromatic rings. The average molecular weight is 1470 g/mol. The average Bonchev–Trinajstić information content (AvgIpc) is 0.936. The van der Waals surface area contributed by atoms with Crippen LogP contribution in [0.1, 0.15) is 433 Å². The van der Waals surface area contributed by atoms with Gasteiger partial charge in [-0.1, -0.05) is 381 Å². The molecule has 100 heavy (non-hydrogen) atoms. The van der Waals surface area contributed by atoms with Gasteiger partial charge >= 0.3 is 39.5 Å². The van der Waals surface area contributed by atoms with Gasteiger partial charge in [0.25, 0.3) is 0 Å². The maximum atomic E-state index is 13.1. The van der Waals surface area contributed by atoms with Crippen molar-refractivity contribution in [3.63, 3.8) is 0 Å². The number of aliphatic hydroxyl groups is 1. The molecule has 0 aromatic heterocycles. The van der Waals surface area contributed by atoms with Crippen LogP contribution in [-0.4, -0.2) is 96.7 Å². The lowest BCUT2D eigenvalue weighted by Crippen LogP contribution is -2.30. The van der Waals surface area contributed by atoms with Crippen LogP contribution in [0.25, 0.3) is 0 Å². The molecule has 5 atom stereocenters. The van der Waals surface area contributed by atoms with Crippen molar-refractivity contribution < 1.29 is 80.2 Å². The van der Waals surface area contributed by atoms with E-state index in [1.165, 1.54) is 257 Å². The van der Waals surface area contributed by atoms with Gasteiger partial charge in [-0.05, 0) is 31.6 Å². The zero-order valence-electron chi connectivity index (χ0n) is 65.3. The Balaban J connectivity index is 5.20. The van der Waals surface area contributed by atoms with Gasteiger partial charge in [-0.2, -0.15) is 0 Å². The van der Waals surface area contributed by atoms with Gasteiger partial charge in [-0.15, -0.1) is 0 Å². The summed E-state index contributed by atoms with van der Waals surface area (Å²) in [6.07, 6.45) is 65.3. The van der Waals surface area contributed by atoms with E-state index in [1.54, 1.807) is 0 Å². The normalized spacial score (nSPS) is 13.8. The molecule has 0 radical (unpaired) electrons. The summed E-state index contributed by atoms with van der Waals surface area (Å²) in [5.74, 6) is -1.37. The van der Waals surface area contributed by atoms with Crippen molar-refractivity contribution in [2.24, 2.45) is 5.92 Å². The van der Waals surface area contributed by atoms with Crippen LogP contribution in [0.5, 0.6) is 0 Å². The van der Waals surface area contributed by atoms with Gasteiger partial charge in [0.15, 0.2) is 12.2 Å². The minimum absolute atomic E-state index is 0.106. The van der Waals surface area contributed by atoms with E-state index >= 15 is 0 Å². The molecular formula is C81H158O17P2. The van der Waals surface area contributed by atoms with E-state index < -0.39 is 97.5 Å². The molecule has 0 aromatic carbocycles. The Bertz CT molecular complexity index is 1910. The van der Waals surface area contributed by atoms with Crippen molar-refractivity contribution in [1.29, 1.82) is 0 Å². The third kappa shape index (κ3) is 74.3. The number of phosphoric ester groups is 2. The Morgan fingerprint density at radius 2 is 0.460 bits per heavy atom. The molecule has 17 nitrogen and oxygen atoms in total. The topological polar surface area (TPSA) is 237 Å². The van der Waals surface area contributed by atoms with E-state index in [4.69, 9.17) is 37.0 Å².